The van der Waals surface area contributed by atoms with Crippen LogP contribution in [0.25, 0.3) is 0 Å². The predicted octanol–water partition coefficient (Wildman–Crippen LogP) is 3.78. The molecule has 2 rings (SSSR count). The Balaban J connectivity index is 2.39. The maximum atomic E-state index is 5.98. The number of nitrogens with two attached hydrogens (primary N) is 1. The SMILES string of the molecule is Cc1ccc(C(N)=S)c(Oc2ccc(Cl)c(C)c2)n1. The first-order valence-corrected chi connectivity index (χ1v) is 6.47. The standard InChI is InChI=1S/C14H13ClN2OS/c1-8-7-10(4-6-12(8)15)18-14-11(13(16)19)5-3-9(2)17-14/h3-7H,1-2H3,(H2,16,19). The Morgan fingerprint density at radius 3 is 2.63 bits per heavy atom. The molecule has 0 unspecified atom stereocenters. The van der Waals surface area contributed by atoms with E-state index >= 15 is 0 Å². The minimum absolute atomic E-state index is 0.258. The second-order valence-corrected chi connectivity index (χ2v) is 5.03. The van der Waals surface area contributed by atoms with Crippen LogP contribution in [0.15, 0.2) is 30.3 Å². The average Bonchev–Trinajstić information content (AvgIpc) is 2.33. The zero-order chi connectivity index (χ0) is 14.0. The van der Waals surface area contributed by atoms with Gasteiger partial charge in [0.25, 0.3) is 0 Å². The Hall–Kier alpha value is -1.65. The molecule has 0 aliphatic rings. The van der Waals surface area contributed by atoms with Gasteiger partial charge in [-0.1, -0.05) is 23.8 Å². The van der Waals surface area contributed by atoms with Crippen LogP contribution in [0.5, 0.6) is 11.6 Å². The summed E-state index contributed by atoms with van der Waals surface area (Å²) < 4.78 is 5.75. The number of hydrogen-bond donors (Lipinski definition) is 1. The van der Waals surface area contributed by atoms with Crippen molar-refractivity contribution in [3.8, 4) is 11.6 Å². The van der Waals surface area contributed by atoms with Crippen molar-refractivity contribution in [1.29, 1.82) is 0 Å². The first-order chi connectivity index (χ1) is 8.97. The molecular formula is C14H13ClN2OS. The molecule has 19 heavy (non-hydrogen) atoms. The predicted molar refractivity (Wildman–Crippen MR) is 81.1 cm³/mol. The van der Waals surface area contributed by atoms with Gasteiger partial charge in [0.05, 0.1) is 5.56 Å². The van der Waals surface area contributed by atoms with Gasteiger partial charge in [-0.05, 0) is 49.7 Å². The molecule has 2 aromatic rings. The van der Waals surface area contributed by atoms with E-state index in [1.165, 1.54) is 0 Å². The van der Waals surface area contributed by atoms with Gasteiger partial charge in [-0.25, -0.2) is 4.98 Å². The molecule has 0 amide bonds. The van der Waals surface area contributed by atoms with Crippen molar-refractivity contribution in [2.24, 2.45) is 5.73 Å². The van der Waals surface area contributed by atoms with Crippen molar-refractivity contribution >= 4 is 28.8 Å². The molecule has 1 aromatic heterocycles. The summed E-state index contributed by atoms with van der Waals surface area (Å²) in [6.07, 6.45) is 0. The summed E-state index contributed by atoms with van der Waals surface area (Å²) in [5, 5.41) is 0.694. The van der Waals surface area contributed by atoms with E-state index in [1.807, 2.05) is 32.0 Å². The van der Waals surface area contributed by atoms with Gasteiger partial charge < -0.3 is 10.5 Å². The Morgan fingerprint density at radius 1 is 1.26 bits per heavy atom. The minimum Gasteiger partial charge on any atom is -0.438 e. The lowest BCUT2D eigenvalue weighted by Gasteiger charge is -2.10. The monoisotopic (exact) mass is 292 g/mol. The molecule has 0 fully saturated rings. The lowest BCUT2D eigenvalue weighted by Crippen LogP contribution is -2.12. The third-order valence-electron chi connectivity index (χ3n) is 2.61. The van der Waals surface area contributed by atoms with E-state index in [4.69, 9.17) is 34.3 Å². The summed E-state index contributed by atoms with van der Waals surface area (Å²) in [7, 11) is 0. The number of benzene rings is 1. The number of thiocarbonyl (C=S) groups is 1. The van der Waals surface area contributed by atoms with E-state index in [2.05, 4.69) is 4.98 Å². The maximum absolute atomic E-state index is 5.98. The summed E-state index contributed by atoms with van der Waals surface area (Å²) in [5.74, 6) is 1.06. The molecule has 0 radical (unpaired) electrons. The summed E-state index contributed by atoms with van der Waals surface area (Å²) in [6, 6.07) is 9.05. The quantitative estimate of drug-likeness (QED) is 0.875. The Bertz CT molecular complexity index is 643. The number of nitrogens with zero attached hydrogens (tertiary/aromatic N) is 1. The fourth-order valence-corrected chi connectivity index (χ4v) is 1.86. The molecule has 2 N–H and O–H groups in total. The zero-order valence-corrected chi connectivity index (χ0v) is 12.2. The average molecular weight is 293 g/mol. The van der Waals surface area contributed by atoms with Gasteiger partial charge in [-0.2, -0.15) is 0 Å². The molecule has 1 heterocycles. The molecule has 0 saturated carbocycles. The van der Waals surface area contributed by atoms with Crippen LogP contribution in [0.3, 0.4) is 0 Å². The van der Waals surface area contributed by atoms with E-state index < -0.39 is 0 Å². The van der Waals surface area contributed by atoms with Crippen molar-refractivity contribution in [3.05, 3.63) is 52.2 Å². The number of aromatic nitrogens is 1. The summed E-state index contributed by atoms with van der Waals surface area (Å²) in [6.45, 7) is 3.79. The largest absolute Gasteiger partial charge is 0.438 e. The van der Waals surface area contributed by atoms with E-state index in [0.717, 1.165) is 11.3 Å². The van der Waals surface area contributed by atoms with Crippen LogP contribution in [-0.2, 0) is 0 Å². The molecule has 0 spiro atoms. The highest BCUT2D eigenvalue weighted by Gasteiger charge is 2.10. The smallest absolute Gasteiger partial charge is 0.229 e. The molecular weight excluding hydrogens is 280 g/mol. The molecule has 0 aliphatic carbocycles. The van der Waals surface area contributed by atoms with Crippen LogP contribution in [0.1, 0.15) is 16.8 Å². The lowest BCUT2D eigenvalue weighted by atomic mass is 10.2. The number of aryl methyl sites for hydroxylation is 2. The van der Waals surface area contributed by atoms with Crippen molar-refractivity contribution < 1.29 is 4.74 Å². The van der Waals surface area contributed by atoms with Gasteiger partial charge >= 0.3 is 0 Å². The third-order valence-corrected chi connectivity index (χ3v) is 3.25. The topological polar surface area (TPSA) is 48.1 Å². The lowest BCUT2D eigenvalue weighted by molar-refractivity contribution is 0.460. The van der Waals surface area contributed by atoms with Crippen molar-refractivity contribution in [3.63, 3.8) is 0 Å². The van der Waals surface area contributed by atoms with E-state index in [9.17, 15) is 0 Å². The number of ether oxygens (including phenoxy) is 1. The number of pyridine rings is 1. The van der Waals surface area contributed by atoms with Crippen molar-refractivity contribution in [1.82, 2.24) is 4.98 Å². The molecule has 5 heteroatoms. The summed E-state index contributed by atoms with van der Waals surface area (Å²) in [5.41, 5.74) is 8.05. The van der Waals surface area contributed by atoms with Gasteiger partial charge in [-0.15, -0.1) is 0 Å². The molecule has 3 nitrogen and oxygen atoms in total. The minimum atomic E-state index is 0.258. The van der Waals surface area contributed by atoms with Crippen LogP contribution >= 0.6 is 23.8 Å². The Kier molecular flexibility index (Phi) is 4.02. The maximum Gasteiger partial charge on any atom is 0.229 e. The van der Waals surface area contributed by atoms with Crippen LogP contribution in [0.2, 0.25) is 5.02 Å². The molecule has 1 aromatic carbocycles. The first kappa shape index (κ1) is 13.8. The molecule has 0 aliphatic heterocycles. The van der Waals surface area contributed by atoms with Crippen LogP contribution < -0.4 is 10.5 Å². The van der Waals surface area contributed by atoms with Crippen LogP contribution in [0.4, 0.5) is 0 Å². The second-order valence-electron chi connectivity index (χ2n) is 4.18. The highest BCUT2D eigenvalue weighted by atomic mass is 35.5. The molecule has 0 bridgehead atoms. The van der Waals surface area contributed by atoms with Gasteiger partial charge in [0.1, 0.15) is 10.7 Å². The molecule has 0 atom stereocenters. The van der Waals surface area contributed by atoms with Gasteiger partial charge in [-0.3, -0.25) is 0 Å². The molecule has 98 valence electrons. The normalized spacial score (nSPS) is 10.3. The summed E-state index contributed by atoms with van der Waals surface area (Å²) in [4.78, 5) is 4.58. The first-order valence-electron chi connectivity index (χ1n) is 5.69. The highest BCUT2D eigenvalue weighted by Crippen LogP contribution is 2.27. The van der Waals surface area contributed by atoms with Gasteiger partial charge in [0, 0.05) is 10.7 Å². The van der Waals surface area contributed by atoms with Crippen molar-refractivity contribution in [2.75, 3.05) is 0 Å². The second kappa shape index (κ2) is 5.55. The van der Waals surface area contributed by atoms with E-state index in [1.54, 1.807) is 12.1 Å². The summed E-state index contributed by atoms with van der Waals surface area (Å²) >= 11 is 11.0. The van der Waals surface area contributed by atoms with Gasteiger partial charge in [0.15, 0.2) is 0 Å². The molecule has 0 saturated heterocycles. The highest BCUT2D eigenvalue weighted by molar-refractivity contribution is 7.80. The Morgan fingerprint density at radius 2 is 2.00 bits per heavy atom. The fourth-order valence-electron chi connectivity index (χ4n) is 1.59. The van der Waals surface area contributed by atoms with E-state index in [0.29, 0.717) is 22.2 Å². The fraction of sp³-hybridized carbons (Fsp3) is 0.143. The van der Waals surface area contributed by atoms with Crippen molar-refractivity contribution in [2.45, 2.75) is 13.8 Å². The zero-order valence-electron chi connectivity index (χ0n) is 10.6. The van der Waals surface area contributed by atoms with Crippen LogP contribution in [-0.4, -0.2) is 9.97 Å². The third kappa shape index (κ3) is 3.22. The van der Waals surface area contributed by atoms with Gasteiger partial charge in [0.2, 0.25) is 5.88 Å². The number of halogens is 1. The number of hydrogen-bond acceptors (Lipinski definition) is 3. The van der Waals surface area contributed by atoms with Crippen LogP contribution in [0, 0.1) is 13.8 Å². The number of rotatable bonds is 3. The Labute approximate surface area is 122 Å². The van der Waals surface area contributed by atoms with E-state index in [-0.39, 0.29) is 4.99 Å².